The Morgan fingerprint density at radius 2 is 1.68 bits per heavy atom. The molecule has 2 amide bonds. The van der Waals surface area contributed by atoms with Gasteiger partial charge in [-0.05, 0) is 30.2 Å². The van der Waals surface area contributed by atoms with Crippen molar-refractivity contribution >= 4 is 11.8 Å². The van der Waals surface area contributed by atoms with Gasteiger partial charge in [0.05, 0.1) is 0 Å². The van der Waals surface area contributed by atoms with Crippen LogP contribution in [-0.2, 0) is 13.1 Å². The fourth-order valence-corrected chi connectivity index (χ4v) is 4.25. The number of hydrogen-bond acceptors (Lipinski definition) is 4. The predicted octanol–water partition coefficient (Wildman–Crippen LogP) is 3.28. The minimum Gasteiger partial charge on any atom is -0.352 e. The zero-order chi connectivity index (χ0) is 24.7. The molecule has 2 N–H and O–H groups in total. The van der Waals surface area contributed by atoms with E-state index in [-0.39, 0.29) is 17.2 Å². The van der Waals surface area contributed by atoms with E-state index < -0.39 is 17.2 Å². The number of nitrogens with one attached hydrogen (secondary N) is 2. The van der Waals surface area contributed by atoms with Crippen molar-refractivity contribution in [2.75, 3.05) is 19.6 Å². The van der Waals surface area contributed by atoms with Gasteiger partial charge in [-0.25, -0.2) is 0 Å². The lowest BCUT2D eigenvalue weighted by molar-refractivity contribution is 0.0935. The topological polar surface area (TPSA) is 83.4 Å². The van der Waals surface area contributed by atoms with Crippen molar-refractivity contribution in [1.82, 2.24) is 20.1 Å². The zero-order valence-electron chi connectivity index (χ0n) is 20.8. The fraction of sp³-hybridized carbons (Fsp3) is 0.519. The highest BCUT2D eigenvalue weighted by atomic mass is 16.2. The van der Waals surface area contributed by atoms with Crippen LogP contribution in [0, 0.1) is 11.8 Å². The van der Waals surface area contributed by atoms with Gasteiger partial charge in [0.2, 0.25) is 5.43 Å². The molecule has 1 aromatic carbocycles. The Bertz CT molecular complexity index is 1030. The summed E-state index contributed by atoms with van der Waals surface area (Å²) in [5.41, 5.74) is 0.772. The second-order valence-corrected chi connectivity index (χ2v) is 10.1. The number of likely N-dealkylation sites (tertiary alicyclic amines) is 1. The highest BCUT2D eigenvalue weighted by molar-refractivity contribution is 5.99. The summed E-state index contributed by atoms with van der Waals surface area (Å²) in [4.78, 5) is 41.3. The van der Waals surface area contributed by atoms with Crippen molar-refractivity contribution in [2.24, 2.45) is 11.8 Å². The van der Waals surface area contributed by atoms with E-state index in [4.69, 9.17) is 0 Å². The van der Waals surface area contributed by atoms with Crippen LogP contribution in [0.25, 0.3) is 0 Å². The molecule has 1 aromatic heterocycles. The quantitative estimate of drug-likeness (QED) is 0.563. The van der Waals surface area contributed by atoms with Crippen molar-refractivity contribution in [3.63, 3.8) is 0 Å². The first kappa shape index (κ1) is 25.7. The molecular formula is C27H38N4O3. The van der Waals surface area contributed by atoms with Gasteiger partial charge in [0, 0.05) is 51.2 Å². The molecule has 0 spiro atoms. The Morgan fingerprint density at radius 1 is 1.00 bits per heavy atom. The van der Waals surface area contributed by atoms with Crippen LogP contribution in [0.1, 0.15) is 66.8 Å². The standard InChI is InChI=1S/C27H38N4O3/c1-19(2)10-12-28-26(33)23-17-31(14-20(3)4)18-24(25(23)32)27(34)29-22-11-13-30(16-22)15-21-8-6-5-7-9-21/h5-9,17-20,22H,10-16H2,1-4H3,(H,28,33)(H,29,34). The van der Waals surface area contributed by atoms with Gasteiger partial charge >= 0.3 is 0 Å². The fourth-order valence-electron chi connectivity index (χ4n) is 4.25. The molecule has 1 unspecified atom stereocenters. The molecular weight excluding hydrogens is 428 g/mol. The van der Waals surface area contributed by atoms with E-state index in [1.807, 2.05) is 18.2 Å². The Labute approximate surface area is 202 Å². The largest absolute Gasteiger partial charge is 0.352 e. The molecule has 1 saturated heterocycles. The number of amides is 2. The summed E-state index contributed by atoms with van der Waals surface area (Å²) in [6, 6.07) is 10.2. The first-order valence-electron chi connectivity index (χ1n) is 12.3. The van der Waals surface area contributed by atoms with E-state index in [0.717, 1.165) is 32.5 Å². The lowest BCUT2D eigenvalue weighted by Gasteiger charge is -2.18. The summed E-state index contributed by atoms with van der Waals surface area (Å²) in [6.07, 6.45) is 4.81. The van der Waals surface area contributed by atoms with Crippen molar-refractivity contribution in [2.45, 2.75) is 59.7 Å². The second kappa shape index (κ2) is 12.0. The molecule has 3 rings (SSSR count). The summed E-state index contributed by atoms with van der Waals surface area (Å²) in [6.45, 7) is 11.8. The van der Waals surface area contributed by atoms with Gasteiger partial charge in [-0.15, -0.1) is 0 Å². The molecule has 7 nitrogen and oxygen atoms in total. The van der Waals surface area contributed by atoms with Crippen LogP contribution in [-0.4, -0.2) is 47.0 Å². The molecule has 34 heavy (non-hydrogen) atoms. The Morgan fingerprint density at radius 3 is 2.32 bits per heavy atom. The average Bonchev–Trinajstić information content (AvgIpc) is 3.21. The summed E-state index contributed by atoms with van der Waals surface area (Å²) in [7, 11) is 0. The summed E-state index contributed by atoms with van der Waals surface area (Å²) in [5, 5.41) is 5.86. The van der Waals surface area contributed by atoms with E-state index in [1.54, 1.807) is 17.0 Å². The molecule has 0 saturated carbocycles. The monoisotopic (exact) mass is 466 g/mol. The van der Waals surface area contributed by atoms with E-state index in [9.17, 15) is 14.4 Å². The molecule has 0 bridgehead atoms. The minimum atomic E-state index is -0.515. The van der Waals surface area contributed by atoms with Crippen LogP contribution < -0.4 is 16.1 Å². The van der Waals surface area contributed by atoms with Gasteiger partial charge in [-0.1, -0.05) is 58.0 Å². The molecule has 184 valence electrons. The Kier molecular flexibility index (Phi) is 9.05. The number of hydrogen-bond donors (Lipinski definition) is 2. The van der Waals surface area contributed by atoms with E-state index in [0.29, 0.717) is 24.9 Å². The average molecular weight is 467 g/mol. The number of aromatic nitrogens is 1. The maximum absolute atomic E-state index is 13.1. The van der Waals surface area contributed by atoms with Gasteiger partial charge < -0.3 is 15.2 Å². The number of pyridine rings is 1. The van der Waals surface area contributed by atoms with Crippen molar-refractivity contribution in [3.05, 3.63) is 69.6 Å². The van der Waals surface area contributed by atoms with Crippen LogP contribution in [0.4, 0.5) is 0 Å². The van der Waals surface area contributed by atoms with Crippen LogP contribution in [0.5, 0.6) is 0 Å². The second-order valence-electron chi connectivity index (χ2n) is 10.1. The third-order valence-electron chi connectivity index (χ3n) is 6.01. The molecule has 1 atom stereocenters. The molecule has 2 aromatic rings. The normalized spacial score (nSPS) is 16.2. The number of carbonyl (C=O) groups excluding carboxylic acids is 2. The van der Waals surface area contributed by atoms with Crippen molar-refractivity contribution in [3.8, 4) is 0 Å². The summed E-state index contributed by atoms with van der Waals surface area (Å²) in [5.74, 6) is -0.0851. The molecule has 0 aliphatic carbocycles. The SMILES string of the molecule is CC(C)CCNC(=O)c1cn(CC(C)C)cc(C(=O)NC2CCN(Cc3ccccc3)C2)c1=O. The molecule has 1 fully saturated rings. The highest BCUT2D eigenvalue weighted by Crippen LogP contribution is 2.14. The molecule has 0 radical (unpaired) electrons. The van der Waals surface area contributed by atoms with Gasteiger partial charge in [0.1, 0.15) is 11.1 Å². The first-order valence-corrected chi connectivity index (χ1v) is 12.3. The van der Waals surface area contributed by atoms with Gasteiger partial charge in [-0.2, -0.15) is 0 Å². The minimum absolute atomic E-state index is 0.0224. The number of nitrogens with zero attached hydrogens (tertiary/aromatic N) is 2. The van der Waals surface area contributed by atoms with Gasteiger partial charge in [-0.3, -0.25) is 19.3 Å². The van der Waals surface area contributed by atoms with Crippen LogP contribution in [0.2, 0.25) is 0 Å². The van der Waals surface area contributed by atoms with Gasteiger partial charge in [0.15, 0.2) is 0 Å². The third kappa shape index (κ3) is 7.29. The Balaban J connectivity index is 1.72. The van der Waals surface area contributed by atoms with Gasteiger partial charge in [0.25, 0.3) is 11.8 Å². The molecule has 7 heteroatoms. The van der Waals surface area contributed by atoms with Crippen LogP contribution in [0.15, 0.2) is 47.5 Å². The van der Waals surface area contributed by atoms with E-state index in [2.05, 4.69) is 55.4 Å². The zero-order valence-corrected chi connectivity index (χ0v) is 20.8. The molecule has 2 heterocycles. The van der Waals surface area contributed by atoms with E-state index in [1.165, 1.54) is 5.56 Å². The molecule has 1 aliphatic rings. The van der Waals surface area contributed by atoms with Crippen LogP contribution in [0.3, 0.4) is 0 Å². The summed E-state index contributed by atoms with van der Waals surface area (Å²) >= 11 is 0. The number of rotatable bonds is 10. The predicted molar refractivity (Wildman–Crippen MR) is 135 cm³/mol. The van der Waals surface area contributed by atoms with Crippen LogP contribution >= 0.6 is 0 Å². The summed E-state index contributed by atoms with van der Waals surface area (Å²) < 4.78 is 1.79. The molecule has 1 aliphatic heterocycles. The third-order valence-corrected chi connectivity index (χ3v) is 6.01. The number of benzene rings is 1. The maximum Gasteiger partial charge on any atom is 0.257 e. The first-order chi connectivity index (χ1) is 16.2. The smallest absolute Gasteiger partial charge is 0.257 e. The Hall–Kier alpha value is -2.93. The lowest BCUT2D eigenvalue weighted by Crippen LogP contribution is -2.41. The van der Waals surface area contributed by atoms with Crippen molar-refractivity contribution < 1.29 is 9.59 Å². The maximum atomic E-state index is 13.1. The lowest BCUT2D eigenvalue weighted by atomic mass is 10.1. The highest BCUT2D eigenvalue weighted by Gasteiger charge is 2.26. The number of carbonyl (C=O) groups is 2. The van der Waals surface area contributed by atoms with E-state index >= 15 is 0 Å². The van der Waals surface area contributed by atoms with Crippen molar-refractivity contribution in [1.29, 1.82) is 0 Å².